The van der Waals surface area contributed by atoms with Crippen LogP contribution in [-0.4, -0.2) is 19.6 Å². The van der Waals surface area contributed by atoms with Gasteiger partial charge in [0.05, 0.1) is 6.61 Å². The van der Waals surface area contributed by atoms with Gasteiger partial charge in [0.15, 0.2) is 0 Å². The lowest BCUT2D eigenvalue weighted by Gasteiger charge is -2.28. The molecule has 0 aliphatic rings. The van der Waals surface area contributed by atoms with E-state index >= 15 is 0 Å². The first-order valence-corrected chi connectivity index (χ1v) is 6.48. The summed E-state index contributed by atoms with van der Waals surface area (Å²) < 4.78 is 5.20. The number of hydrogen-bond acceptors (Lipinski definition) is 3. The molecule has 0 radical (unpaired) electrons. The summed E-state index contributed by atoms with van der Waals surface area (Å²) in [4.78, 5) is 12.3. The van der Waals surface area contributed by atoms with E-state index in [-0.39, 0.29) is 5.97 Å². The van der Waals surface area contributed by atoms with Crippen molar-refractivity contribution in [3.8, 4) is 0 Å². The Morgan fingerprint density at radius 1 is 1.21 bits per heavy atom. The Balaban J connectivity index is 2.61. The van der Waals surface area contributed by atoms with Crippen LogP contribution in [0.2, 0.25) is 0 Å². The number of carbonyl (C=O) groups is 1. The van der Waals surface area contributed by atoms with Crippen molar-refractivity contribution in [1.29, 1.82) is 0 Å². The molecule has 19 heavy (non-hydrogen) atoms. The molecule has 3 heteroatoms. The third kappa shape index (κ3) is 2.34. The van der Waals surface area contributed by atoms with Gasteiger partial charge in [0.25, 0.3) is 0 Å². The van der Waals surface area contributed by atoms with Crippen molar-refractivity contribution >= 4 is 16.7 Å². The molecule has 1 atom stereocenters. The summed E-state index contributed by atoms with van der Waals surface area (Å²) in [5.74, 6) is -0.256. The fourth-order valence-corrected chi connectivity index (χ4v) is 2.28. The van der Waals surface area contributed by atoms with Gasteiger partial charge in [-0.2, -0.15) is 0 Å². The molecule has 0 aliphatic heterocycles. The Kier molecular flexibility index (Phi) is 3.86. The Hall–Kier alpha value is -1.87. The van der Waals surface area contributed by atoms with Gasteiger partial charge in [-0.25, -0.2) is 4.79 Å². The molecule has 0 aromatic heterocycles. The highest BCUT2D eigenvalue weighted by atomic mass is 16.5. The number of benzene rings is 2. The number of fused-ring (bicyclic) bond motifs is 1. The number of likely N-dealkylation sites (N-methyl/N-ethyl adjacent to an activating group) is 1. The minimum absolute atomic E-state index is 0.256. The number of esters is 1. The summed E-state index contributed by atoms with van der Waals surface area (Å²) in [5.41, 5.74) is 0.100. The van der Waals surface area contributed by atoms with E-state index in [0.29, 0.717) is 6.61 Å². The van der Waals surface area contributed by atoms with E-state index < -0.39 is 5.54 Å². The predicted octanol–water partition coefficient (Wildman–Crippen LogP) is 2.84. The summed E-state index contributed by atoms with van der Waals surface area (Å²) in [6, 6.07) is 14.0. The van der Waals surface area contributed by atoms with Crippen molar-refractivity contribution in [2.45, 2.75) is 19.4 Å². The minimum Gasteiger partial charge on any atom is -0.464 e. The first-order chi connectivity index (χ1) is 9.13. The van der Waals surface area contributed by atoms with Crippen molar-refractivity contribution in [3.05, 3.63) is 48.0 Å². The summed E-state index contributed by atoms with van der Waals surface area (Å²) in [6.45, 7) is 4.05. The van der Waals surface area contributed by atoms with Crippen molar-refractivity contribution in [2.24, 2.45) is 0 Å². The molecule has 0 saturated heterocycles. The van der Waals surface area contributed by atoms with Crippen LogP contribution < -0.4 is 5.32 Å². The fraction of sp³-hybridized carbons (Fsp3) is 0.312. The molecule has 0 saturated carbocycles. The SMILES string of the molecule is CCOC(=O)C(C)(NC)c1cccc2ccccc12. The second kappa shape index (κ2) is 5.41. The van der Waals surface area contributed by atoms with Crippen molar-refractivity contribution in [1.82, 2.24) is 5.32 Å². The molecule has 3 nitrogen and oxygen atoms in total. The lowest BCUT2D eigenvalue weighted by atomic mass is 9.88. The first-order valence-electron chi connectivity index (χ1n) is 6.48. The molecule has 1 unspecified atom stereocenters. The van der Waals surface area contributed by atoms with Crippen LogP contribution in [0.1, 0.15) is 19.4 Å². The maximum Gasteiger partial charge on any atom is 0.330 e. The maximum absolute atomic E-state index is 12.3. The molecule has 0 fully saturated rings. The van der Waals surface area contributed by atoms with Gasteiger partial charge in [-0.3, -0.25) is 0 Å². The van der Waals surface area contributed by atoms with Crippen LogP contribution in [0.4, 0.5) is 0 Å². The molecule has 0 aliphatic carbocycles. The summed E-state index contributed by atoms with van der Waals surface area (Å²) in [5, 5.41) is 5.28. The van der Waals surface area contributed by atoms with E-state index in [1.54, 1.807) is 7.05 Å². The largest absolute Gasteiger partial charge is 0.464 e. The van der Waals surface area contributed by atoms with Gasteiger partial charge in [0.1, 0.15) is 5.54 Å². The van der Waals surface area contributed by atoms with Crippen LogP contribution >= 0.6 is 0 Å². The number of hydrogen-bond donors (Lipinski definition) is 1. The van der Waals surface area contributed by atoms with Crippen molar-refractivity contribution < 1.29 is 9.53 Å². The van der Waals surface area contributed by atoms with Crippen LogP contribution in [-0.2, 0) is 15.1 Å². The van der Waals surface area contributed by atoms with Gasteiger partial charge in [-0.15, -0.1) is 0 Å². The predicted molar refractivity (Wildman–Crippen MR) is 77.0 cm³/mol. The Morgan fingerprint density at radius 2 is 1.89 bits per heavy atom. The van der Waals surface area contributed by atoms with Gasteiger partial charge >= 0.3 is 5.97 Å². The van der Waals surface area contributed by atoms with Gasteiger partial charge in [0.2, 0.25) is 0 Å². The number of carbonyl (C=O) groups excluding carboxylic acids is 1. The zero-order valence-corrected chi connectivity index (χ0v) is 11.6. The second-order valence-corrected chi connectivity index (χ2v) is 4.62. The zero-order valence-electron chi connectivity index (χ0n) is 11.6. The topological polar surface area (TPSA) is 38.3 Å². The monoisotopic (exact) mass is 257 g/mol. The normalized spacial score (nSPS) is 14.1. The molecule has 0 spiro atoms. The molecular formula is C16H19NO2. The van der Waals surface area contributed by atoms with Gasteiger partial charge in [0, 0.05) is 0 Å². The Morgan fingerprint density at radius 3 is 2.58 bits per heavy atom. The number of ether oxygens (including phenoxy) is 1. The molecule has 2 aromatic rings. The van der Waals surface area contributed by atoms with Crippen LogP contribution in [0, 0.1) is 0 Å². The third-order valence-corrected chi connectivity index (χ3v) is 3.51. The molecule has 2 aromatic carbocycles. The van der Waals surface area contributed by atoms with Crippen molar-refractivity contribution in [3.63, 3.8) is 0 Å². The van der Waals surface area contributed by atoms with Crippen molar-refractivity contribution in [2.75, 3.05) is 13.7 Å². The lowest BCUT2D eigenvalue weighted by molar-refractivity contribution is -0.150. The molecule has 100 valence electrons. The average Bonchev–Trinajstić information content (AvgIpc) is 2.46. The van der Waals surface area contributed by atoms with Crippen LogP contribution in [0.5, 0.6) is 0 Å². The highest BCUT2D eigenvalue weighted by molar-refractivity contribution is 5.93. The summed E-state index contributed by atoms with van der Waals surface area (Å²) >= 11 is 0. The molecule has 0 heterocycles. The van der Waals surface area contributed by atoms with Crippen LogP contribution in [0.25, 0.3) is 10.8 Å². The first kappa shape index (κ1) is 13.6. The van der Waals surface area contributed by atoms with E-state index in [9.17, 15) is 4.79 Å². The molecule has 2 rings (SSSR count). The quantitative estimate of drug-likeness (QED) is 0.856. The molecule has 1 N–H and O–H groups in total. The fourth-order valence-electron chi connectivity index (χ4n) is 2.28. The van der Waals surface area contributed by atoms with E-state index in [2.05, 4.69) is 5.32 Å². The van der Waals surface area contributed by atoms with Gasteiger partial charge in [-0.1, -0.05) is 42.5 Å². The van der Waals surface area contributed by atoms with E-state index in [0.717, 1.165) is 16.3 Å². The maximum atomic E-state index is 12.3. The van der Waals surface area contributed by atoms with E-state index in [4.69, 9.17) is 4.74 Å². The second-order valence-electron chi connectivity index (χ2n) is 4.62. The van der Waals surface area contributed by atoms with Gasteiger partial charge in [-0.05, 0) is 37.2 Å². The summed E-state index contributed by atoms with van der Waals surface area (Å²) in [7, 11) is 1.78. The molecular weight excluding hydrogens is 238 g/mol. The molecule has 0 amide bonds. The number of rotatable bonds is 4. The summed E-state index contributed by atoms with van der Waals surface area (Å²) in [6.07, 6.45) is 0. The highest BCUT2D eigenvalue weighted by Gasteiger charge is 2.36. The smallest absolute Gasteiger partial charge is 0.330 e. The Labute approximate surface area is 113 Å². The number of nitrogens with one attached hydrogen (secondary N) is 1. The van der Waals surface area contributed by atoms with Crippen LogP contribution in [0.15, 0.2) is 42.5 Å². The highest BCUT2D eigenvalue weighted by Crippen LogP contribution is 2.29. The lowest BCUT2D eigenvalue weighted by Crippen LogP contribution is -2.45. The van der Waals surface area contributed by atoms with E-state index in [1.807, 2.05) is 56.3 Å². The van der Waals surface area contributed by atoms with Gasteiger partial charge < -0.3 is 10.1 Å². The standard InChI is InChI=1S/C16H19NO2/c1-4-19-15(18)16(2,17-3)14-11-7-9-12-8-5-6-10-13(12)14/h5-11,17H,4H2,1-3H3. The average molecular weight is 257 g/mol. The zero-order chi connectivity index (χ0) is 13.9. The minimum atomic E-state index is -0.836. The molecule has 0 bridgehead atoms. The van der Waals surface area contributed by atoms with Crippen LogP contribution in [0.3, 0.4) is 0 Å². The van der Waals surface area contributed by atoms with E-state index in [1.165, 1.54) is 0 Å². The third-order valence-electron chi connectivity index (χ3n) is 3.51. The Bertz CT molecular complexity index is 589.